The average molecular weight is 159 g/mol. The Morgan fingerprint density at radius 1 is 1.17 bits per heavy atom. The Morgan fingerprint density at radius 2 is 1.92 bits per heavy atom. The highest BCUT2D eigenvalue weighted by Crippen LogP contribution is 2.07. The first-order chi connectivity index (χ1) is 5.79. The van der Waals surface area contributed by atoms with Crippen molar-refractivity contribution in [3.05, 3.63) is 46.8 Å². The van der Waals surface area contributed by atoms with E-state index in [0.717, 1.165) is 10.9 Å². The Morgan fingerprint density at radius 3 is 2.75 bits per heavy atom. The van der Waals surface area contributed by atoms with Gasteiger partial charge in [0.05, 0.1) is 5.52 Å². The van der Waals surface area contributed by atoms with E-state index in [-0.39, 0.29) is 5.43 Å². The van der Waals surface area contributed by atoms with Crippen LogP contribution in [0.15, 0.2) is 41.3 Å². The molecule has 0 radical (unpaired) electrons. The van der Waals surface area contributed by atoms with Crippen LogP contribution < -0.4 is 5.43 Å². The largest absolute Gasteiger partial charge is 0.350 e. The van der Waals surface area contributed by atoms with Crippen LogP contribution in [-0.2, 0) is 7.05 Å². The molecular formula is C10H9NO. The fourth-order valence-electron chi connectivity index (χ4n) is 1.34. The minimum atomic E-state index is 0.0793. The number of rotatable bonds is 0. The first kappa shape index (κ1) is 7.10. The lowest BCUT2D eigenvalue weighted by atomic mass is 10.3. The van der Waals surface area contributed by atoms with Gasteiger partial charge in [-0.25, -0.2) is 0 Å². The summed E-state index contributed by atoms with van der Waals surface area (Å²) in [5.74, 6) is 0. The molecule has 0 atom stereocenters. The quantitative estimate of drug-likeness (QED) is 0.571. The lowest BCUT2D eigenvalue weighted by Crippen LogP contribution is -1.92. The Kier molecular flexibility index (Phi) is 1.47. The maximum Gasteiger partial charge on any atom is 0.187 e. The SMILES string of the molecule is Cn1ccc2c(=O)ccccc21. The molecule has 1 heterocycles. The smallest absolute Gasteiger partial charge is 0.187 e. The van der Waals surface area contributed by atoms with E-state index in [2.05, 4.69) is 0 Å². The number of nitrogens with zero attached hydrogens (tertiary/aromatic N) is 1. The molecule has 2 heteroatoms. The van der Waals surface area contributed by atoms with E-state index in [9.17, 15) is 4.79 Å². The van der Waals surface area contributed by atoms with Crippen molar-refractivity contribution in [1.29, 1.82) is 0 Å². The maximum absolute atomic E-state index is 11.4. The van der Waals surface area contributed by atoms with Crippen molar-refractivity contribution in [2.75, 3.05) is 0 Å². The summed E-state index contributed by atoms with van der Waals surface area (Å²) < 4.78 is 1.94. The number of aryl methyl sites for hydroxylation is 1. The summed E-state index contributed by atoms with van der Waals surface area (Å²) in [6, 6.07) is 9.02. The van der Waals surface area contributed by atoms with Gasteiger partial charge in [0, 0.05) is 18.6 Å². The second kappa shape index (κ2) is 2.48. The predicted molar refractivity (Wildman–Crippen MR) is 49.2 cm³/mol. The van der Waals surface area contributed by atoms with Gasteiger partial charge in [-0.2, -0.15) is 0 Å². The fourth-order valence-corrected chi connectivity index (χ4v) is 1.34. The van der Waals surface area contributed by atoms with Crippen LogP contribution in [0.3, 0.4) is 0 Å². The van der Waals surface area contributed by atoms with E-state index in [1.807, 2.05) is 36.0 Å². The summed E-state index contributed by atoms with van der Waals surface area (Å²) in [6.07, 6.45) is 1.89. The van der Waals surface area contributed by atoms with Crippen LogP contribution in [0.2, 0.25) is 0 Å². The minimum Gasteiger partial charge on any atom is -0.350 e. The van der Waals surface area contributed by atoms with Crippen molar-refractivity contribution >= 4 is 10.9 Å². The normalized spacial score (nSPS) is 10.4. The molecule has 0 aliphatic heterocycles. The second-order valence-electron chi connectivity index (χ2n) is 2.81. The summed E-state index contributed by atoms with van der Waals surface area (Å²) in [5, 5.41) is 0.780. The maximum atomic E-state index is 11.4. The van der Waals surface area contributed by atoms with Crippen LogP contribution in [0, 0.1) is 0 Å². The van der Waals surface area contributed by atoms with Crippen LogP contribution in [0.25, 0.3) is 10.9 Å². The molecule has 2 nitrogen and oxygen atoms in total. The molecule has 0 fully saturated rings. The third-order valence-electron chi connectivity index (χ3n) is 2.00. The Bertz CT molecular complexity index is 470. The van der Waals surface area contributed by atoms with Crippen LogP contribution in [0.1, 0.15) is 0 Å². The first-order valence-electron chi connectivity index (χ1n) is 3.83. The van der Waals surface area contributed by atoms with Crippen molar-refractivity contribution < 1.29 is 0 Å². The fraction of sp³-hybridized carbons (Fsp3) is 0.100. The highest BCUT2D eigenvalue weighted by Gasteiger charge is 1.97. The first-order valence-corrected chi connectivity index (χ1v) is 3.83. The molecule has 1 aromatic carbocycles. The third-order valence-corrected chi connectivity index (χ3v) is 2.00. The van der Waals surface area contributed by atoms with E-state index in [1.54, 1.807) is 12.1 Å². The third kappa shape index (κ3) is 0.925. The molecule has 12 heavy (non-hydrogen) atoms. The van der Waals surface area contributed by atoms with E-state index < -0.39 is 0 Å². The molecular weight excluding hydrogens is 150 g/mol. The standard InChI is InChI=1S/C10H9NO/c1-11-7-6-8-9(11)4-2-3-5-10(8)12/h2-7H,1H3. The summed E-state index contributed by atoms with van der Waals surface area (Å²) >= 11 is 0. The van der Waals surface area contributed by atoms with Crippen molar-refractivity contribution in [1.82, 2.24) is 4.57 Å². The van der Waals surface area contributed by atoms with E-state index >= 15 is 0 Å². The second-order valence-corrected chi connectivity index (χ2v) is 2.81. The van der Waals surface area contributed by atoms with Gasteiger partial charge in [0.25, 0.3) is 0 Å². The number of aromatic nitrogens is 1. The molecule has 0 aliphatic carbocycles. The monoisotopic (exact) mass is 159 g/mol. The summed E-state index contributed by atoms with van der Waals surface area (Å²) in [7, 11) is 1.93. The minimum absolute atomic E-state index is 0.0793. The van der Waals surface area contributed by atoms with Crippen LogP contribution >= 0.6 is 0 Å². The molecule has 2 rings (SSSR count). The van der Waals surface area contributed by atoms with Gasteiger partial charge in [-0.15, -0.1) is 0 Å². The average Bonchev–Trinajstić information content (AvgIpc) is 2.30. The molecule has 0 N–H and O–H groups in total. The van der Waals surface area contributed by atoms with Gasteiger partial charge in [-0.3, -0.25) is 4.79 Å². The van der Waals surface area contributed by atoms with Crippen molar-refractivity contribution in [3.8, 4) is 0 Å². The topological polar surface area (TPSA) is 22.0 Å². The zero-order chi connectivity index (χ0) is 8.55. The highest BCUT2D eigenvalue weighted by atomic mass is 16.1. The molecule has 0 unspecified atom stereocenters. The predicted octanol–water partition coefficient (Wildman–Crippen LogP) is 1.54. The Hall–Kier alpha value is -1.57. The number of hydrogen-bond donors (Lipinski definition) is 0. The van der Waals surface area contributed by atoms with Gasteiger partial charge < -0.3 is 4.57 Å². The number of hydrogen-bond acceptors (Lipinski definition) is 1. The Labute approximate surface area is 70.1 Å². The molecule has 60 valence electrons. The van der Waals surface area contributed by atoms with Gasteiger partial charge in [-0.1, -0.05) is 12.1 Å². The molecule has 0 bridgehead atoms. The van der Waals surface area contributed by atoms with Crippen molar-refractivity contribution in [3.63, 3.8) is 0 Å². The molecule has 0 saturated heterocycles. The van der Waals surface area contributed by atoms with Crippen molar-refractivity contribution in [2.24, 2.45) is 7.05 Å². The summed E-state index contributed by atoms with van der Waals surface area (Å²) in [4.78, 5) is 11.4. The Balaban J connectivity index is 3.08. The molecule has 0 spiro atoms. The number of fused-ring (bicyclic) bond motifs is 1. The van der Waals surface area contributed by atoms with Gasteiger partial charge >= 0.3 is 0 Å². The molecule has 1 aromatic heterocycles. The van der Waals surface area contributed by atoms with Crippen LogP contribution in [-0.4, -0.2) is 4.57 Å². The van der Waals surface area contributed by atoms with E-state index in [4.69, 9.17) is 0 Å². The van der Waals surface area contributed by atoms with Crippen LogP contribution in [0.5, 0.6) is 0 Å². The zero-order valence-electron chi connectivity index (χ0n) is 6.82. The summed E-state index contributed by atoms with van der Waals surface area (Å²) in [6.45, 7) is 0. The van der Waals surface area contributed by atoms with Gasteiger partial charge in [0.15, 0.2) is 5.43 Å². The molecule has 2 aromatic rings. The van der Waals surface area contributed by atoms with Crippen LogP contribution in [0.4, 0.5) is 0 Å². The molecule has 0 aliphatic rings. The van der Waals surface area contributed by atoms with Gasteiger partial charge in [-0.05, 0) is 18.2 Å². The lowest BCUT2D eigenvalue weighted by Gasteiger charge is -1.88. The highest BCUT2D eigenvalue weighted by molar-refractivity contribution is 5.78. The van der Waals surface area contributed by atoms with Gasteiger partial charge in [0.2, 0.25) is 0 Å². The van der Waals surface area contributed by atoms with Gasteiger partial charge in [0.1, 0.15) is 0 Å². The summed E-state index contributed by atoms with van der Waals surface area (Å²) in [5.41, 5.74) is 1.06. The van der Waals surface area contributed by atoms with E-state index in [1.165, 1.54) is 0 Å². The van der Waals surface area contributed by atoms with Crippen molar-refractivity contribution in [2.45, 2.75) is 0 Å². The lowest BCUT2D eigenvalue weighted by molar-refractivity contribution is 0.969. The molecule has 0 amide bonds. The molecule has 0 saturated carbocycles. The van der Waals surface area contributed by atoms with E-state index in [0.29, 0.717) is 0 Å². The zero-order valence-corrected chi connectivity index (χ0v) is 6.82.